The fourth-order valence-corrected chi connectivity index (χ4v) is 3.74. The lowest BCUT2D eigenvalue weighted by Crippen LogP contribution is -2.01. The van der Waals surface area contributed by atoms with Gasteiger partial charge in [0.2, 0.25) is 0 Å². The predicted octanol–water partition coefficient (Wildman–Crippen LogP) is 2.65. The van der Waals surface area contributed by atoms with E-state index in [1.54, 1.807) is 6.07 Å². The zero-order valence-corrected chi connectivity index (χ0v) is 11.4. The van der Waals surface area contributed by atoms with Gasteiger partial charge in [0.25, 0.3) is 0 Å². The first-order valence-corrected chi connectivity index (χ1v) is 7.41. The number of benzene rings is 1. The third kappa shape index (κ3) is 2.92. The smallest absolute Gasteiger partial charge is 0.106 e. The minimum Gasteiger partial charge on any atom is -0.398 e. The molecule has 2 rings (SSSR count). The Balaban J connectivity index is 2.22. The molecule has 1 aromatic carbocycles. The van der Waals surface area contributed by atoms with Gasteiger partial charge in [-0.2, -0.15) is 0 Å². The summed E-state index contributed by atoms with van der Waals surface area (Å²) in [6, 6.07) is 5.60. The summed E-state index contributed by atoms with van der Waals surface area (Å²) in [5.74, 6) is 0.437. The Labute approximate surface area is 107 Å². The van der Waals surface area contributed by atoms with E-state index in [1.807, 2.05) is 31.4 Å². The highest BCUT2D eigenvalue weighted by Crippen LogP contribution is 2.21. The van der Waals surface area contributed by atoms with Gasteiger partial charge in [-0.05, 0) is 31.5 Å². The second-order valence-electron chi connectivity index (χ2n) is 3.91. The van der Waals surface area contributed by atoms with E-state index in [0.717, 1.165) is 16.3 Å². The van der Waals surface area contributed by atoms with Gasteiger partial charge in [-0.3, -0.25) is 4.21 Å². The van der Waals surface area contributed by atoms with Gasteiger partial charge in [0, 0.05) is 16.8 Å². The minimum absolute atomic E-state index is 0.437. The first kappa shape index (κ1) is 12.3. The molecule has 2 N–H and O–H groups in total. The van der Waals surface area contributed by atoms with Crippen molar-refractivity contribution in [3.8, 4) is 0 Å². The van der Waals surface area contributed by atoms with E-state index in [4.69, 9.17) is 5.73 Å². The molecule has 0 bridgehead atoms. The first-order valence-electron chi connectivity index (χ1n) is 5.22. The molecule has 0 saturated heterocycles. The molecular weight excluding hydrogens is 252 g/mol. The first-order chi connectivity index (χ1) is 8.06. The van der Waals surface area contributed by atoms with Crippen molar-refractivity contribution in [2.75, 3.05) is 5.73 Å². The van der Waals surface area contributed by atoms with Crippen molar-refractivity contribution in [2.45, 2.75) is 24.5 Å². The summed E-state index contributed by atoms with van der Waals surface area (Å²) in [5.41, 5.74) is 8.46. The van der Waals surface area contributed by atoms with Crippen LogP contribution >= 0.6 is 11.3 Å². The largest absolute Gasteiger partial charge is 0.398 e. The van der Waals surface area contributed by atoms with Crippen molar-refractivity contribution >= 4 is 27.8 Å². The summed E-state index contributed by atoms with van der Waals surface area (Å²) in [5, 5.41) is 2.85. The fraction of sp³-hybridized carbons (Fsp3) is 0.250. The highest BCUT2D eigenvalue weighted by atomic mass is 32.2. The number of rotatable bonds is 3. The summed E-state index contributed by atoms with van der Waals surface area (Å²) < 4.78 is 12.2. The molecule has 0 spiro atoms. The summed E-state index contributed by atoms with van der Waals surface area (Å²) in [6.45, 7) is 3.90. The van der Waals surface area contributed by atoms with E-state index < -0.39 is 10.8 Å². The number of nitrogens with zero attached hydrogens (tertiary/aromatic N) is 1. The molecule has 5 heteroatoms. The zero-order chi connectivity index (χ0) is 12.4. The van der Waals surface area contributed by atoms with Gasteiger partial charge in [0.15, 0.2) is 0 Å². The molecule has 90 valence electrons. The average molecular weight is 266 g/mol. The molecule has 17 heavy (non-hydrogen) atoms. The highest BCUT2D eigenvalue weighted by molar-refractivity contribution is 7.84. The van der Waals surface area contributed by atoms with Gasteiger partial charge in [-0.1, -0.05) is 6.07 Å². The second kappa shape index (κ2) is 4.98. The molecule has 0 aliphatic carbocycles. The van der Waals surface area contributed by atoms with Crippen molar-refractivity contribution < 1.29 is 4.21 Å². The fourth-order valence-electron chi connectivity index (χ4n) is 1.50. The Morgan fingerprint density at radius 1 is 1.41 bits per heavy atom. The molecule has 0 aliphatic heterocycles. The number of thiazole rings is 1. The molecule has 1 atom stereocenters. The van der Waals surface area contributed by atoms with E-state index in [1.165, 1.54) is 11.3 Å². The molecule has 1 unspecified atom stereocenters. The van der Waals surface area contributed by atoms with E-state index in [0.29, 0.717) is 16.3 Å². The number of nitrogens with two attached hydrogens (primary N) is 1. The van der Waals surface area contributed by atoms with Gasteiger partial charge in [-0.15, -0.1) is 11.3 Å². The van der Waals surface area contributed by atoms with Gasteiger partial charge < -0.3 is 5.73 Å². The second-order valence-corrected chi connectivity index (χ2v) is 6.28. The van der Waals surface area contributed by atoms with Crippen LogP contribution in [0.5, 0.6) is 0 Å². The average Bonchev–Trinajstić information content (AvgIpc) is 2.67. The van der Waals surface area contributed by atoms with Gasteiger partial charge in [-0.25, -0.2) is 4.98 Å². The Morgan fingerprint density at radius 2 is 2.18 bits per heavy atom. The van der Waals surface area contributed by atoms with Crippen molar-refractivity contribution in [3.05, 3.63) is 39.8 Å². The number of hydrogen-bond donors (Lipinski definition) is 1. The summed E-state index contributed by atoms with van der Waals surface area (Å²) >= 11 is 1.54. The monoisotopic (exact) mass is 266 g/mol. The van der Waals surface area contributed by atoms with Crippen molar-refractivity contribution in [3.63, 3.8) is 0 Å². The van der Waals surface area contributed by atoms with Crippen LogP contribution in [0.3, 0.4) is 0 Å². The van der Waals surface area contributed by atoms with E-state index in [2.05, 4.69) is 4.98 Å². The van der Waals surface area contributed by atoms with Crippen molar-refractivity contribution in [1.82, 2.24) is 4.98 Å². The topological polar surface area (TPSA) is 56.0 Å². The maximum Gasteiger partial charge on any atom is 0.106 e. The van der Waals surface area contributed by atoms with Crippen LogP contribution < -0.4 is 5.73 Å². The summed E-state index contributed by atoms with van der Waals surface area (Å²) in [4.78, 5) is 5.02. The van der Waals surface area contributed by atoms with Crippen LogP contribution in [0.2, 0.25) is 0 Å². The predicted molar refractivity (Wildman–Crippen MR) is 72.6 cm³/mol. The number of aromatic nitrogens is 1. The zero-order valence-electron chi connectivity index (χ0n) is 9.77. The van der Waals surface area contributed by atoms with E-state index in [-0.39, 0.29) is 0 Å². The number of nitrogen functional groups attached to an aromatic ring is 1. The standard InChI is InChI=1S/C12H14N2OS2/c1-8-3-4-10(13)11(5-8)17(15)7-12-14-9(2)6-16-12/h3-6H,7,13H2,1-2H3. The summed E-state index contributed by atoms with van der Waals surface area (Å²) in [6.07, 6.45) is 0. The minimum atomic E-state index is -1.12. The Kier molecular flexibility index (Phi) is 3.59. The van der Waals surface area contributed by atoms with Crippen LogP contribution in [0.15, 0.2) is 28.5 Å². The lowest BCUT2D eigenvalue weighted by Gasteiger charge is -2.05. The van der Waals surface area contributed by atoms with Crippen LogP contribution in [0, 0.1) is 13.8 Å². The van der Waals surface area contributed by atoms with Crippen LogP contribution in [0.4, 0.5) is 5.69 Å². The van der Waals surface area contributed by atoms with Gasteiger partial charge >= 0.3 is 0 Å². The molecule has 1 aromatic heterocycles. The van der Waals surface area contributed by atoms with Crippen molar-refractivity contribution in [1.29, 1.82) is 0 Å². The van der Waals surface area contributed by atoms with Crippen LogP contribution in [0.25, 0.3) is 0 Å². The number of anilines is 1. The lowest BCUT2D eigenvalue weighted by atomic mass is 10.2. The van der Waals surface area contributed by atoms with Crippen LogP contribution in [-0.4, -0.2) is 9.19 Å². The van der Waals surface area contributed by atoms with E-state index >= 15 is 0 Å². The van der Waals surface area contributed by atoms with E-state index in [9.17, 15) is 4.21 Å². The quantitative estimate of drug-likeness (QED) is 0.869. The SMILES string of the molecule is Cc1ccc(N)c(S(=O)Cc2nc(C)cs2)c1. The van der Waals surface area contributed by atoms with Crippen LogP contribution in [-0.2, 0) is 16.6 Å². The third-order valence-corrected chi connectivity index (χ3v) is 4.86. The maximum atomic E-state index is 12.2. The Morgan fingerprint density at radius 3 is 2.82 bits per heavy atom. The molecule has 0 saturated carbocycles. The Bertz CT molecular complexity index is 563. The lowest BCUT2D eigenvalue weighted by molar-refractivity contribution is 0.682. The molecule has 0 fully saturated rings. The molecule has 2 aromatic rings. The normalized spacial score (nSPS) is 12.6. The molecule has 0 aliphatic rings. The molecular formula is C12H14N2OS2. The molecule has 3 nitrogen and oxygen atoms in total. The molecule has 0 radical (unpaired) electrons. The molecule has 1 heterocycles. The highest BCUT2D eigenvalue weighted by Gasteiger charge is 2.11. The van der Waals surface area contributed by atoms with Gasteiger partial charge in [0.05, 0.1) is 21.4 Å². The third-order valence-electron chi connectivity index (χ3n) is 2.34. The maximum absolute atomic E-state index is 12.2. The number of aryl methyl sites for hydroxylation is 2. The molecule has 0 amide bonds. The van der Waals surface area contributed by atoms with Crippen LogP contribution in [0.1, 0.15) is 16.3 Å². The number of hydrogen-bond acceptors (Lipinski definition) is 4. The van der Waals surface area contributed by atoms with Crippen molar-refractivity contribution in [2.24, 2.45) is 0 Å². The summed E-state index contributed by atoms with van der Waals surface area (Å²) in [7, 11) is -1.12. The van der Waals surface area contributed by atoms with Gasteiger partial charge in [0.1, 0.15) is 5.01 Å². The Hall–Kier alpha value is -1.20.